The van der Waals surface area contributed by atoms with Gasteiger partial charge in [0.15, 0.2) is 0 Å². The van der Waals surface area contributed by atoms with Crippen LogP contribution < -0.4 is 0 Å². The van der Waals surface area contributed by atoms with Crippen molar-refractivity contribution in [1.82, 2.24) is 0 Å². The lowest BCUT2D eigenvalue weighted by Gasteiger charge is -2.61. The maximum absolute atomic E-state index is 12.5. The van der Waals surface area contributed by atoms with E-state index < -0.39 is 46.1 Å². The standard InChI is InChI=1S/C15H24O6S/c1-13(2,18)10-8(16)7-14(3)9(17)5-6-15(4)12(14)11(10)20-22(19)21-15/h8,10-12,16,18H,5-7H2,1-4H3/t8-,10+,11?,12?,14-,15-,22-/m0/s1. The Morgan fingerprint density at radius 1 is 1.36 bits per heavy atom. The van der Waals surface area contributed by atoms with Crippen molar-refractivity contribution in [3.8, 4) is 0 Å². The van der Waals surface area contributed by atoms with E-state index in [-0.39, 0.29) is 18.1 Å². The van der Waals surface area contributed by atoms with Crippen LogP contribution in [0.5, 0.6) is 0 Å². The second-order valence-corrected chi connectivity index (χ2v) is 8.70. The monoisotopic (exact) mass is 332 g/mol. The molecule has 2 aliphatic carbocycles. The fraction of sp³-hybridized carbons (Fsp3) is 0.933. The third kappa shape index (κ3) is 2.21. The molecule has 0 amide bonds. The number of ketones is 1. The van der Waals surface area contributed by atoms with Gasteiger partial charge < -0.3 is 10.2 Å². The summed E-state index contributed by atoms with van der Waals surface area (Å²) in [6.45, 7) is 6.89. The van der Waals surface area contributed by atoms with Crippen molar-refractivity contribution in [2.24, 2.45) is 17.3 Å². The molecule has 3 rings (SSSR count). The third-order valence-corrected chi connectivity index (χ3v) is 6.72. The molecule has 2 unspecified atom stereocenters. The van der Waals surface area contributed by atoms with Crippen LogP contribution in [0.2, 0.25) is 0 Å². The lowest BCUT2D eigenvalue weighted by Crippen LogP contribution is -2.70. The second kappa shape index (κ2) is 4.83. The Morgan fingerprint density at radius 3 is 2.59 bits per heavy atom. The number of aliphatic hydroxyl groups excluding tert-OH is 1. The summed E-state index contributed by atoms with van der Waals surface area (Å²) in [5.74, 6) is -0.879. The third-order valence-electron chi connectivity index (χ3n) is 5.82. The number of Topliss-reactive ketones (excluding diaryl/α,β-unsaturated/α-hetero) is 1. The van der Waals surface area contributed by atoms with Gasteiger partial charge in [-0.25, -0.2) is 0 Å². The summed E-state index contributed by atoms with van der Waals surface area (Å²) >= 11 is -1.94. The Hall–Kier alpha value is -0.340. The summed E-state index contributed by atoms with van der Waals surface area (Å²) in [5.41, 5.74) is -2.75. The number of hydrogen-bond donors (Lipinski definition) is 2. The van der Waals surface area contributed by atoms with Gasteiger partial charge in [-0.2, -0.15) is 4.21 Å². The number of aliphatic hydroxyl groups is 2. The summed E-state index contributed by atoms with van der Waals surface area (Å²) in [7, 11) is 0. The highest BCUT2D eigenvalue weighted by Crippen LogP contribution is 2.59. The Balaban J connectivity index is 2.12. The van der Waals surface area contributed by atoms with E-state index in [1.54, 1.807) is 13.8 Å². The molecule has 3 fully saturated rings. The highest BCUT2D eigenvalue weighted by atomic mass is 32.2. The molecule has 1 aliphatic heterocycles. The fourth-order valence-electron chi connectivity index (χ4n) is 4.94. The van der Waals surface area contributed by atoms with Crippen LogP contribution in [0.3, 0.4) is 0 Å². The van der Waals surface area contributed by atoms with E-state index in [0.29, 0.717) is 12.8 Å². The van der Waals surface area contributed by atoms with Crippen molar-refractivity contribution in [2.45, 2.75) is 70.4 Å². The van der Waals surface area contributed by atoms with E-state index in [1.807, 2.05) is 13.8 Å². The molecule has 6 nitrogen and oxygen atoms in total. The van der Waals surface area contributed by atoms with E-state index in [9.17, 15) is 19.2 Å². The Morgan fingerprint density at radius 2 is 2.00 bits per heavy atom. The number of carbonyl (C=O) groups is 1. The number of carbonyl (C=O) groups excluding carboxylic acids is 1. The lowest BCUT2D eigenvalue weighted by atomic mass is 9.50. The van der Waals surface area contributed by atoms with Crippen LogP contribution in [0.4, 0.5) is 0 Å². The molecule has 1 heterocycles. The van der Waals surface area contributed by atoms with Gasteiger partial charge in [-0.05, 0) is 33.6 Å². The second-order valence-electron chi connectivity index (χ2n) is 7.93. The van der Waals surface area contributed by atoms with Gasteiger partial charge in [0, 0.05) is 23.7 Å². The average molecular weight is 332 g/mol. The van der Waals surface area contributed by atoms with Crippen LogP contribution in [0.1, 0.15) is 47.0 Å². The van der Waals surface area contributed by atoms with Gasteiger partial charge in [0.25, 0.3) is 0 Å². The molecular formula is C15H24O6S. The molecule has 0 spiro atoms. The molecule has 0 radical (unpaired) electrons. The van der Waals surface area contributed by atoms with Crippen molar-refractivity contribution in [3.63, 3.8) is 0 Å². The van der Waals surface area contributed by atoms with Gasteiger partial charge in [0.2, 0.25) is 0 Å². The minimum Gasteiger partial charge on any atom is -0.393 e. The summed E-state index contributed by atoms with van der Waals surface area (Å²) in [6.07, 6.45) is -0.499. The Labute approximate surface area is 133 Å². The quantitative estimate of drug-likeness (QED) is 0.740. The highest BCUT2D eigenvalue weighted by Gasteiger charge is 2.67. The van der Waals surface area contributed by atoms with Gasteiger partial charge in [-0.3, -0.25) is 13.2 Å². The first kappa shape index (κ1) is 16.5. The molecule has 2 N–H and O–H groups in total. The van der Waals surface area contributed by atoms with E-state index in [2.05, 4.69) is 0 Å². The van der Waals surface area contributed by atoms with Gasteiger partial charge >= 0.3 is 11.4 Å². The van der Waals surface area contributed by atoms with Crippen molar-refractivity contribution in [1.29, 1.82) is 0 Å². The Bertz CT molecular complexity index is 529. The largest absolute Gasteiger partial charge is 0.393 e. The topological polar surface area (TPSA) is 93.1 Å². The van der Waals surface area contributed by atoms with Crippen LogP contribution >= 0.6 is 0 Å². The van der Waals surface area contributed by atoms with Crippen LogP contribution in [-0.4, -0.2) is 43.6 Å². The maximum Gasteiger partial charge on any atom is 0.305 e. The molecule has 7 heteroatoms. The zero-order valence-electron chi connectivity index (χ0n) is 13.4. The first-order valence-electron chi connectivity index (χ1n) is 7.71. The predicted octanol–water partition coefficient (Wildman–Crippen LogP) is 0.876. The molecule has 2 saturated carbocycles. The van der Waals surface area contributed by atoms with Crippen molar-refractivity contribution in [3.05, 3.63) is 0 Å². The molecule has 0 bridgehead atoms. The zero-order chi connectivity index (χ0) is 16.5. The number of rotatable bonds is 1. The fourth-order valence-corrected chi connectivity index (χ4v) is 5.89. The Kier molecular flexibility index (Phi) is 3.63. The minimum absolute atomic E-state index is 0.0769. The molecule has 0 aromatic carbocycles. The van der Waals surface area contributed by atoms with E-state index in [0.717, 1.165) is 0 Å². The lowest BCUT2D eigenvalue weighted by molar-refractivity contribution is -0.230. The highest BCUT2D eigenvalue weighted by molar-refractivity contribution is 7.75. The smallest absolute Gasteiger partial charge is 0.305 e. The van der Waals surface area contributed by atoms with Crippen LogP contribution in [0.25, 0.3) is 0 Å². The summed E-state index contributed by atoms with van der Waals surface area (Å²) < 4.78 is 23.1. The summed E-state index contributed by atoms with van der Waals surface area (Å²) in [5, 5.41) is 21.0. The SMILES string of the molecule is CC(C)(O)[C@H]1C2O[S@](=O)O[C@@]3(C)CCC(=O)[C@](C)(C[C@@H]1O)C23. The first-order chi connectivity index (χ1) is 9.99. The van der Waals surface area contributed by atoms with E-state index in [1.165, 1.54) is 0 Å². The molecule has 0 aromatic rings. The molecule has 0 aromatic heterocycles. The molecule has 7 atom stereocenters. The van der Waals surface area contributed by atoms with Crippen LogP contribution in [-0.2, 0) is 24.5 Å². The summed E-state index contributed by atoms with van der Waals surface area (Å²) in [4.78, 5) is 12.5. The van der Waals surface area contributed by atoms with Crippen molar-refractivity contribution < 1.29 is 27.6 Å². The summed E-state index contributed by atoms with van der Waals surface area (Å²) in [6, 6.07) is 0. The van der Waals surface area contributed by atoms with E-state index >= 15 is 0 Å². The minimum atomic E-state index is -1.94. The molecule has 3 aliphatic rings. The molecular weight excluding hydrogens is 308 g/mol. The average Bonchev–Trinajstić information content (AvgIpc) is 2.31. The predicted molar refractivity (Wildman–Crippen MR) is 78.8 cm³/mol. The number of hydrogen-bond acceptors (Lipinski definition) is 6. The van der Waals surface area contributed by atoms with E-state index in [4.69, 9.17) is 8.37 Å². The zero-order valence-corrected chi connectivity index (χ0v) is 14.2. The maximum atomic E-state index is 12.5. The first-order valence-corrected chi connectivity index (χ1v) is 8.71. The molecule has 1 saturated heterocycles. The molecule has 126 valence electrons. The van der Waals surface area contributed by atoms with Crippen LogP contribution in [0.15, 0.2) is 0 Å². The van der Waals surface area contributed by atoms with Crippen molar-refractivity contribution in [2.75, 3.05) is 0 Å². The van der Waals surface area contributed by atoms with Gasteiger partial charge in [0.1, 0.15) is 5.78 Å². The normalized spacial score (nSPS) is 52.3. The van der Waals surface area contributed by atoms with Gasteiger partial charge in [0.05, 0.1) is 23.4 Å². The van der Waals surface area contributed by atoms with Crippen molar-refractivity contribution >= 4 is 17.1 Å². The van der Waals surface area contributed by atoms with Gasteiger partial charge in [-0.1, -0.05) is 6.92 Å². The molecule has 22 heavy (non-hydrogen) atoms. The van der Waals surface area contributed by atoms with Gasteiger partial charge in [-0.15, -0.1) is 0 Å². The van der Waals surface area contributed by atoms with Crippen LogP contribution in [0, 0.1) is 17.3 Å².